The Labute approximate surface area is 126 Å². The van der Waals surface area contributed by atoms with Crippen LogP contribution in [0.2, 0.25) is 0 Å². The molecule has 0 spiro atoms. The maximum absolute atomic E-state index is 12.4. The molecule has 1 aromatic carbocycles. The first-order valence-electron chi connectivity index (χ1n) is 6.97. The molecule has 116 valence electrons. The van der Waals surface area contributed by atoms with Gasteiger partial charge < -0.3 is 4.74 Å². The van der Waals surface area contributed by atoms with Gasteiger partial charge in [0.25, 0.3) is 0 Å². The lowest BCUT2D eigenvalue weighted by Gasteiger charge is -2.37. The second-order valence-electron chi connectivity index (χ2n) is 6.28. The van der Waals surface area contributed by atoms with Crippen molar-refractivity contribution in [1.29, 1.82) is 4.78 Å². The molecule has 1 N–H and O–H groups in total. The Morgan fingerprint density at radius 2 is 1.95 bits per heavy atom. The van der Waals surface area contributed by atoms with Gasteiger partial charge in [0.05, 0.1) is 11.8 Å². The molecule has 21 heavy (non-hydrogen) atoms. The minimum atomic E-state index is -2.64. The van der Waals surface area contributed by atoms with E-state index in [2.05, 4.69) is 0 Å². The Kier molecular flexibility index (Phi) is 4.27. The van der Waals surface area contributed by atoms with Crippen LogP contribution in [0.15, 0.2) is 30.3 Å². The van der Waals surface area contributed by atoms with Gasteiger partial charge in [0, 0.05) is 22.0 Å². The van der Waals surface area contributed by atoms with Crippen molar-refractivity contribution in [3.05, 3.63) is 35.9 Å². The van der Waals surface area contributed by atoms with Crippen LogP contribution in [-0.4, -0.2) is 38.9 Å². The molecule has 5 nitrogen and oxygen atoms in total. The van der Waals surface area contributed by atoms with E-state index in [-0.39, 0.29) is 24.1 Å². The Balaban J connectivity index is 2.28. The Bertz CT molecular complexity index is 606. The first kappa shape index (κ1) is 15.8. The van der Waals surface area contributed by atoms with Gasteiger partial charge in [0.1, 0.15) is 5.60 Å². The fraction of sp³-hybridized carbons (Fsp3) is 0.533. The minimum absolute atomic E-state index is 0.163. The summed E-state index contributed by atoms with van der Waals surface area (Å²) in [6.45, 7) is 5.75. The Hall–Kier alpha value is -1.56. The molecule has 2 unspecified atom stereocenters. The predicted octanol–water partition coefficient (Wildman–Crippen LogP) is 3.03. The summed E-state index contributed by atoms with van der Waals surface area (Å²) in [4.78, 5) is 14.0. The quantitative estimate of drug-likeness (QED) is 0.866. The molecule has 0 saturated carbocycles. The highest BCUT2D eigenvalue weighted by Crippen LogP contribution is 2.28. The van der Waals surface area contributed by atoms with E-state index in [9.17, 15) is 9.00 Å². The summed E-state index contributed by atoms with van der Waals surface area (Å²) in [5, 5.41) is 0. The van der Waals surface area contributed by atoms with E-state index in [1.165, 1.54) is 0 Å². The van der Waals surface area contributed by atoms with E-state index in [0.29, 0.717) is 0 Å². The van der Waals surface area contributed by atoms with Crippen LogP contribution in [0.25, 0.3) is 0 Å². The van der Waals surface area contributed by atoms with Crippen molar-refractivity contribution in [2.75, 3.05) is 18.1 Å². The monoisotopic (exact) mass is 310 g/mol. The topological polar surface area (TPSA) is 70.5 Å². The number of benzene rings is 1. The van der Waals surface area contributed by atoms with Crippen LogP contribution in [0.5, 0.6) is 0 Å². The van der Waals surface area contributed by atoms with E-state index in [4.69, 9.17) is 9.52 Å². The molecule has 0 bridgehead atoms. The van der Waals surface area contributed by atoms with Crippen LogP contribution in [0.4, 0.5) is 4.79 Å². The summed E-state index contributed by atoms with van der Waals surface area (Å²) in [6.07, 6.45) is -0.411. The van der Waals surface area contributed by atoms with Gasteiger partial charge in [-0.25, -0.2) is 9.00 Å². The van der Waals surface area contributed by atoms with Crippen molar-refractivity contribution in [1.82, 2.24) is 4.90 Å². The third kappa shape index (κ3) is 4.20. The Morgan fingerprint density at radius 3 is 2.52 bits per heavy atom. The fourth-order valence-electron chi connectivity index (χ4n) is 2.32. The fourth-order valence-corrected chi connectivity index (χ4v) is 3.86. The van der Waals surface area contributed by atoms with Gasteiger partial charge in [0.2, 0.25) is 0 Å². The van der Waals surface area contributed by atoms with Crippen LogP contribution in [-0.2, 0) is 14.5 Å². The lowest BCUT2D eigenvalue weighted by Crippen LogP contribution is -2.47. The van der Waals surface area contributed by atoms with E-state index in [1.54, 1.807) is 4.90 Å². The summed E-state index contributed by atoms with van der Waals surface area (Å²) in [7, 11) is -2.64. The Morgan fingerprint density at radius 1 is 1.33 bits per heavy atom. The van der Waals surface area contributed by atoms with Gasteiger partial charge in [-0.2, -0.15) is 0 Å². The number of ether oxygens (including phenoxy) is 1. The molecule has 0 radical (unpaired) electrons. The van der Waals surface area contributed by atoms with Crippen molar-refractivity contribution in [2.45, 2.75) is 32.4 Å². The summed E-state index contributed by atoms with van der Waals surface area (Å²) >= 11 is 0. The number of hydrogen-bond donors (Lipinski definition) is 1. The second kappa shape index (κ2) is 5.67. The smallest absolute Gasteiger partial charge is 0.410 e. The largest absolute Gasteiger partial charge is 0.444 e. The zero-order valence-electron chi connectivity index (χ0n) is 12.7. The molecule has 1 heterocycles. The van der Waals surface area contributed by atoms with Crippen LogP contribution >= 0.6 is 0 Å². The molecule has 0 aromatic heterocycles. The molecule has 1 aliphatic rings. The number of carbonyl (C=O) groups is 1. The standard InChI is InChI=1S/C15H22N2O3S/c1-15(2,3)20-14(18)17-9-10-21(16,19)11-13(17)12-7-5-4-6-8-12/h4-8,13,16H,9-11H2,1-3H3. The lowest BCUT2D eigenvalue weighted by atomic mass is 10.1. The number of hydrogen-bond acceptors (Lipinski definition) is 4. The summed E-state index contributed by atoms with van der Waals surface area (Å²) in [6, 6.07) is 9.07. The predicted molar refractivity (Wildman–Crippen MR) is 82.7 cm³/mol. The lowest BCUT2D eigenvalue weighted by molar-refractivity contribution is 0.0182. The van der Waals surface area contributed by atoms with Crippen LogP contribution in [0.1, 0.15) is 32.4 Å². The SMILES string of the molecule is CC(C)(C)OC(=O)N1CCS(=N)(=O)CC1c1ccccc1. The molecule has 1 aromatic rings. The van der Waals surface area contributed by atoms with Crippen LogP contribution < -0.4 is 0 Å². The molecular formula is C15H22N2O3S. The zero-order chi connectivity index (χ0) is 15.7. The number of nitrogens with one attached hydrogen (secondary N) is 1. The van der Waals surface area contributed by atoms with Gasteiger partial charge in [-0.15, -0.1) is 0 Å². The van der Waals surface area contributed by atoms with Crippen LogP contribution in [0, 0.1) is 4.78 Å². The first-order valence-corrected chi connectivity index (χ1v) is 8.86. The van der Waals surface area contributed by atoms with Crippen molar-refractivity contribution in [2.24, 2.45) is 0 Å². The number of carbonyl (C=O) groups excluding carboxylic acids is 1. The molecule has 1 aliphatic heterocycles. The molecular weight excluding hydrogens is 288 g/mol. The first-order chi connectivity index (χ1) is 9.68. The average Bonchev–Trinajstić information content (AvgIpc) is 2.36. The van der Waals surface area contributed by atoms with Gasteiger partial charge >= 0.3 is 6.09 Å². The van der Waals surface area contributed by atoms with Crippen molar-refractivity contribution in [3.8, 4) is 0 Å². The number of amides is 1. The highest BCUT2D eigenvalue weighted by Gasteiger charge is 2.35. The van der Waals surface area contributed by atoms with Gasteiger partial charge in [-0.1, -0.05) is 30.3 Å². The molecule has 1 amide bonds. The van der Waals surface area contributed by atoms with Gasteiger partial charge in [0.15, 0.2) is 0 Å². The highest BCUT2D eigenvalue weighted by molar-refractivity contribution is 7.92. The highest BCUT2D eigenvalue weighted by atomic mass is 32.2. The molecule has 1 fully saturated rings. The third-order valence-corrected chi connectivity index (χ3v) is 4.97. The minimum Gasteiger partial charge on any atom is -0.444 e. The third-order valence-electron chi connectivity index (χ3n) is 3.28. The maximum Gasteiger partial charge on any atom is 0.410 e. The molecule has 0 aliphatic carbocycles. The summed E-state index contributed by atoms with van der Waals surface area (Å²) in [5.41, 5.74) is 0.320. The van der Waals surface area contributed by atoms with Gasteiger partial charge in [-0.3, -0.25) is 9.68 Å². The van der Waals surface area contributed by atoms with E-state index in [1.807, 2.05) is 51.1 Å². The van der Waals surface area contributed by atoms with Crippen LogP contribution in [0.3, 0.4) is 0 Å². The average molecular weight is 310 g/mol. The van der Waals surface area contributed by atoms with Crippen molar-refractivity contribution in [3.63, 3.8) is 0 Å². The molecule has 1 saturated heterocycles. The second-order valence-corrected chi connectivity index (χ2v) is 8.65. The zero-order valence-corrected chi connectivity index (χ0v) is 13.5. The van der Waals surface area contributed by atoms with Gasteiger partial charge in [-0.05, 0) is 26.3 Å². The maximum atomic E-state index is 12.4. The number of rotatable bonds is 1. The number of nitrogens with zero attached hydrogens (tertiary/aromatic N) is 1. The molecule has 2 rings (SSSR count). The summed E-state index contributed by atoms with van der Waals surface area (Å²) in [5.74, 6) is 0.367. The van der Waals surface area contributed by atoms with Crippen molar-refractivity contribution < 1.29 is 13.7 Å². The normalized spacial score (nSPS) is 26.4. The van der Waals surface area contributed by atoms with Crippen molar-refractivity contribution >= 4 is 15.8 Å². The van der Waals surface area contributed by atoms with E-state index >= 15 is 0 Å². The van der Waals surface area contributed by atoms with E-state index in [0.717, 1.165) is 5.56 Å². The van der Waals surface area contributed by atoms with E-state index < -0.39 is 21.4 Å². The molecule has 6 heteroatoms. The molecule has 2 atom stereocenters. The summed E-state index contributed by atoms with van der Waals surface area (Å²) < 4.78 is 25.4.